The Hall–Kier alpha value is -2.41. The maximum atomic E-state index is 12.5. The second-order valence-corrected chi connectivity index (χ2v) is 5.51. The zero-order chi connectivity index (χ0) is 17.4. The van der Waals surface area contributed by atoms with Crippen molar-refractivity contribution in [3.8, 4) is 0 Å². The average molecular weight is 340 g/mol. The number of nitro groups is 1. The molecule has 0 heterocycles. The van der Waals surface area contributed by atoms with Crippen LogP contribution in [0.2, 0.25) is 5.02 Å². The van der Waals surface area contributed by atoms with E-state index in [-0.39, 0.29) is 5.57 Å². The Balaban J connectivity index is 2.78. The standard InChI is InChI=1S/C15H14ClNO6/c1-8-10-5-4-9(16)6-11(10)12(7-17(20)21)15(8,13(18)22-2)14(19)23-3/h4-6,12H,1,7H2,2-3H3/t12-/m1/s1. The predicted molar refractivity (Wildman–Crippen MR) is 81.6 cm³/mol. The van der Waals surface area contributed by atoms with Crippen LogP contribution in [0, 0.1) is 15.5 Å². The Bertz CT molecular complexity index is 698. The number of ether oxygens (including phenoxy) is 2. The molecule has 0 radical (unpaired) electrons. The van der Waals surface area contributed by atoms with Crippen molar-refractivity contribution in [1.82, 2.24) is 0 Å². The van der Waals surface area contributed by atoms with Crippen molar-refractivity contribution in [2.24, 2.45) is 5.41 Å². The molecule has 1 aromatic rings. The van der Waals surface area contributed by atoms with E-state index in [1.165, 1.54) is 6.07 Å². The van der Waals surface area contributed by atoms with Gasteiger partial charge >= 0.3 is 11.9 Å². The normalized spacial score (nSPS) is 18.2. The highest BCUT2D eigenvalue weighted by molar-refractivity contribution is 6.30. The third kappa shape index (κ3) is 2.37. The summed E-state index contributed by atoms with van der Waals surface area (Å²) in [6.45, 7) is 3.14. The highest BCUT2D eigenvalue weighted by Gasteiger charge is 2.63. The minimum Gasteiger partial charge on any atom is -0.468 e. The summed E-state index contributed by atoms with van der Waals surface area (Å²) in [4.78, 5) is 35.4. The first-order valence-electron chi connectivity index (χ1n) is 6.58. The van der Waals surface area contributed by atoms with Crippen LogP contribution >= 0.6 is 11.6 Å². The molecule has 2 rings (SSSR count). The topological polar surface area (TPSA) is 95.7 Å². The molecule has 122 valence electrons. The van der Waals surface area contributed by atoms with Crippen LogP contribution in [0.5, 0.6) is 0 Å². The summed E-state index contributed by atoms with van der Waals surface area (Å²) in [5, 5.41) is 11.4. The van der Waals surface area contributed by atoms with Gasteiger partial charge in [-0.3, -0.25) is 19.7 Å². The Morgan fingerprint density at radius 3 is 2.39 bits per heavy atom. The Kier molecular flexibility index (Phi) is 4.42. The number of fused-ring (bicyclic) bond motifs is 1. The van der Waals surface area contributed by atoms with Crippen molar-refractivity contribution >= 4 is 29.1 Å². The molecule has 0 spiro atoms. The Morgan fingerprint density at radius 2 is 1.91 bits per heavy atom. The highest BCUT2D eigenvalue weighted by atomic mass is 35.5. The number of nitrogens with zero attached hydrogens (tertiary/aromatic N) is 1. The zero-order valence-corrected chi connectivity index (χ0v) is 13.3. The van der Waals surface area contributed by atoms with Crippen molar-refractivity contribution in [3.63, 3.8) is 0 Å². The monoisotopic (exact) mass is 339 g/mol. The summed E-state index contributed by atoms with van der Waals surface area (Å²) < 4.78 is 9.50. The van der Waals surface area contributed by atoms with E-state index in [2.05, 4.69) is 6.58 Å². The number of methoxy groups -OCH3 is 2. The van der Waals surface area contributed by atoms with Crippen LogP contribution in [0.15, 0.2) is 24.8 Å². The molecule has 1 aliphatic carbocycles. The quantitative estimate of drug-likeness (QED) is 0.360. The average Bonchev–Trinajstić information content (AvgIpc) is 2.75. The van der Waals surface area contributed by atoms with E-state index >= 15 is 0 Å². The summed E-state index contributed by atoms with van der Waals surface area (Å²) in [5.41, 5.74) is -1.04. The molecule has 8 heteroatoms. The van der Waals surface area contributed by atoms with Crippen LogP contribution in [0.25, 0.3) is 5.57 Å². The molecule has 1 aromatic carbocycles. The lowest BCUT2D eigenvalue weighted by Gasteiger charge is -2.29. The molecule has 1 atom stereocenters. The van der Waals surface area contributed by atoms with E-state index in [9.17, 15) is 19.7 Å². The van der Waals surface area contributed by atoms with Crippen LogP contribution in [0.4, 0.5) is 0 Å². The third-order valence-electron chi connectivity index (χ3n) is 4.06. The molecule has 0 aliphatic heterocycles. The highest BCUT2D eigenvalue weighted by Crippen LogP contribution is 2.56. The summed E-state index contributed by atoms with van der Waals surface area (Å²) >= 11 is 5.96. The van der Waals surface area contributed by atoms with E-state index in [0.29, 0.717) is 16.1 Å². The van der Waals surface area contributed by atoms with Gasteiger partial charge in [0.15, 0.2) is 0 Å². The van der Waals surface area contributed by atoms with E-state index < -0.39 is 34.7 Å². The molecule has 1 aliphatic rings. The van der Waals surface area contributed by atoms with E-state index in [4.69, 9.17) is 21.1 Å². The second kappa shape index (κ2) is 6.00. The summed E-state index contributed by atoms with van der Waals surface area (Å²) in [7, 11) is 2.19. The lowest BCUT2D eigenvalue weighted by atomic mass is 9.73. The number of carbonyl (C=O) groups is 2. The van der Waals surface area contributed by atoms with Crippen LogP contribution in [-0.2, 0) is 19.1 Å². The molecule has 0 aromatic heterocycles. The molecule has 0 unspecified atom stereocenters. The van der Waals surface area contributed by atoms with E-state index in [1.54, 1.807) is 12.1 Å². The maximum Gasteiger partial charge on any atom is 0.328 e. The first kappa shape index (κ1) is 17.0. The Morgan fingerprint density at radius 1 is 1.35 bits per heavy atom. The second-order valence-electron chi connectivity index (χ2n) is 5.07. The van der Waals surface area contributed by atoms with Crippen LogP contribution in [0.1, 0.15) is 17.0 Å². The van der Waals surface area contributed by atoms with Gasteiger partial charge in [-0.05, 0) is 28.8 Å². The first-order chi connectivity index (χ1) is 10.8. The molecular formula is C15H14ClNO6. The van der Waals surface area contributed by atoms with Crippen molar-refractivity contribution in [1.29, 1.82) is 0 Å². The summed E-state index contributed by atoms with van der Waals surface area (Å²) in [6, 6.07) is 4.61. The smallest absolute Gasteiger partial charge is 0.328 e. The van der Waals surface area contributed by atoms with E-state index in [1.807, 2.05) is 0 Å². The molecule has 23 heavy (non-hydrogen) atoms. The van der Waals surface area contributed by atoms with Gasteiger partial charge < -0.3 is 9.47 Å². The SMILES string of the molecule is C=C1c2ccc(Cl)cc2[C@@H](C[N+](=O)[O-])C1(C(=O)OC)C(=O)OC. The van der Waals surface area contributed by atoms with Gasteiger partial charge in [-0.1, -0.05) is 24.2 Å². The van der Waals surface area contributed by atoms with Gasteiger partial charge in [0.05, 0.1) is 20.1 Å². The molecule has 0 bridgehead atoms. The van der Waals surface area contributed by atoms with E-state index in [0.717, 1.165) is 14.2 Å². The largest absolute Gasteiger partial charge is 0.468 e. The van der Waals surface area contributed by atoms with Crippen LogP contribution < -0.4 is 0 Å². The number of rotatable bonds is 4. The van der Waals surface area contributed by atoms with Gasteiger partial charge in [0.25, 0.3) is 0 Å². The maximum absolute atomic E-state index is 12.5. The van der Waals surface area contributed by atoms with Crippen molar-refractivity contribution < 1.29 is 24.0 Å². The molecule has 7 nitrogen and oxygen atoms in total. The lowest BCUT2D eigenvalue weighted by Crippen LogP contribution is -2.45. The molecule has 0 saturated heterocycles. The number of carbonyl (C=O) groups excluding carboxylic acids is 2. The Labute approximate surface area is 137 Å². The first-order valence-corrected chi connectivity index (χ1v) is 6.96. The molecule has 0 fully saturated rings. The summed E-state index contributed by atoms with van der Waals surface area (Å²) in [5.74, 6) is -3.01. The van der Waals surface area contributed by atoms with Crippen molar-refractivity contribution in [2.75, 3.05) is 20.8 Å². The van der Waals surface area contributed by atoms with Crippen molar-refractivity contribution in [2.45, 2.75) is 5.92 Å². The van der Waals surface area contributed by atoms with Crippen LogP contribution in [0.3, 0.4) is 0 Å². The molecule has 0 amide bonds. The van der Waals surface area contributed by atoms with Gasteiger partial charge in [-0.15, -0.1) is 0 Å². The van der Waals surface area contributed by atoms with Gasteiger partial charge in [0.1, 0.15) is 0 Å². The fourth-order valence-corrected chi connectivity index (χ4v) is 3.25. The van der Waals surface area contributed by atoms with Gasteiger partial charge in [0, 0.05) is 9.95 Å². The van der Waals surface area contributed by atoms with Gasteiger partial charge in [-0.2, -0.15) is 0 Å². The fraction of sp³-hybridized carbons (Fsp3) is 0.333. The number of hydrogen-bond acceptors (Lipinski definition) is 6. The molecule has 0 N–H and O–H groups in total. The van der Waals surface area contributed by atoms with Crippen molar-refractivity contribution in [3.05, 3.63) is 51.0 Å². The fourth-order valence-electron chi connectivity index (χ4n) is 3.07. The van der Waals surface area contributed by atoms with Crippen LogP contribution in [-0.4, -0.2) is 37.6 Å². The molecular weight excluding hydrogens is 326 g/mol. The minimum atomic E-state index is -2.00. The summed E-state index contributed by atoms with van der Waals surface area (Å²) in [6.07, 6.45) is 0. The van der Waals surface area contributed by atoms with Gasteiger partial charge in [-0.25, -0.2) is 0 Å². The number of halogens is 1. The lowest BCUT2D eigenvalue weighted by molar-refractivity contribution is -0.484. The molecule has 0 saturated carbocycles. The predicted octanol–water partition coefficient (Wildman–Crippen LogP) is 2.06. The van der Waals surface area contributed by atoms with Gasteiger partial charge in [0.2, 0.25) is 12.0 Å². The number of benzene rings is 1. The zero-order valence-electron chi connectivity index (χ0n) is 12.5. The third-order valence-corrected chi connectivity index (χ3v) is 4.29. The minimum absolute atomic E-state index is 0.106. The number of hydrogen-bond donors (Lipinski definition) is 0. The number of esters is 2.